The monoisotopic (exact) mass is 357 g/mol. The minimum Gasteiger partial charge on any atom is -0.326 e. The van der Waals surface area contributed by atoms with E-state index in [0.29, 0.717) is 6.54 Å². The van der Waals surface area contributed by atoms with Crippen LogP contribution in [0.3, 0.4) is 0 Å². The Kier molecular flexibility index (Phi) is 8.02. The molecule has 2 heterocycles. The average Bonchev–Trinajstić information content (AvgIpc) is 3.01. The predicted octanol–water partition coefficient (Wildman–Crippen LogP) is 2.11. The van der Waals surface area contributed by atoms with Gasteiger partial charge < -0.3 is 10.6 Å². The van der Waals surface area contributed by atoms with Crippen LogP contribution in [0.5, 0.6) is 0 Å². The maximum absolute atomic E-state index is 12.2. The quantitative estimate of drug-likeness (QED) is 0.878. The summed E-state index contributed by atoms with van der Waals surface area (Å²) in [5.41, 5.74) is 1.93. The molecule has 2 aromatic rings. The maximum Gasteiger partial charge on any atom is 0.227 e. The van der Waals surface area contributed by atoms with E-state index >= 15 is 0 Å². The summed E-state index contributed by atoms with van der Waals surface area (Å²) in [5, 5.41) is 10.4. The number of nitrogens with zero attached hydrogens (tertiary/aromatic N) is 3. The molecule has 2 N–H and O–H groups in total. The van der Waals surface area contributed by atoms with E-state index in [9.17, 15) is 4.79 Å². The molecular weight excluding hydrogens is 337 g/mol. The number of hydrogen-bond acceptors (Lipinski definition) is 4. The van der Waals surface area contributed by atoms with Gasteiger partial charge in [0.25, 0.3) is 0 Å². The first-order valence-electron chi connectivity index (χ1n) is 7.24. The van der Waals surface area contributed by atoms with E-state index in [-0.39, 0.29) is 36.6 Å². The highest BCUT2D eigenvalue weighted by Crippen LogP contribution is 2.17. The molecule has 126 valence electrons. The third-order valence-electron chi connectivity index (χ3n) is 3.72. The largest absolute Gasteiger partial charge is 0.326 e. The van der Waals surface area contributed by atoms with Crippen LogP contribution in [0.4, 0.5) is 5.69 Å². The zero-order valence-electron chi connectivity index (χ0n) is 12.6. The lowest BCUT2D eigenvalue weighted by molar-refractivity contribution is -0.120. The SMILES string of the molecule is Cl.Cl.O=C(Nc1cccc(Cn2cncn2)c1)C1CCNCC1. The van der Waals surface area contributed by atoms with E-state index in [4.69, 9.17) is 0 Å². The van der Waals surface area contributed by atoms with Crippen molar-refractivity contribution in [2.45, 2.75) is 19.4 Å². The summed E-state index contributed by atoms with van der Waals surface area (Å²) in [6.45, 7) is 2.49. The molecule has 1 aliphatic heterocycles. The fraction of sp³-hybridized carbons (Fsp3) is 0.400. The van der Waals surface area contributed by atoms with Crippen LogP contribution in [0.1, 0.15) is 18.4 Å². The molecule has 1 saturated heterocycles. The number of halogens is 2. The molecule has 0 radical (unpaired) electrons. The van der Waals surface area contributed by atoms with E-state index < -0.39 is 0 Å². The van der Waals surface area contributed by atoms with Gasteiger partial charge in [0.2, 0.25) is 5.91 Å². The molecule has 6 nitrogen and oxygen atoms in total. The Bertz CT molecular complexity index is 600. The lowest BCUT2D eigenvalue weighted by atomic mass is 9.97. The Balaban J connectivity index is 0.00000132. The van der Waals surface area contributed by atoms with Gasteiger partial charge in [0.1, 0.15) is 12.7 Å². The van der Waals surface area contributed by atoms with Crippen molar-refractivity contribution in [2.75, 3.05) is 18.4 Å². The van der Waals surface area contributed by atoms with Crippen LogP contribution in [-0.2, 0) is 11.3 Å². The molecule has 1 amide bonds. The molecule has 23 heavy (non-hydrogen) atoms. The van der Waals surface area contributed by atoms with Gasteiger partial charge in [0.15, 0.2) is 0 Å². The van der Waals surface area contributed by atoms with Gasteiger partial charge in [-0.25, -0.2) is 9.67 Å². The van der Waals surface area contributed by atoms with Gasteiger partial charge in [0.05, 0.1) is 6.54 Å². The van der Waals surface area contributed by atoms with Crippen molar-refractivity contribution in [3.05, 3.63) is 42.5 Å². The molecular formula is C15H21Cl2N5O. The van der Waals surface area contributed by atoms with Crippen LogP contribution in [0.15, 0.2) is 36.9 Å². The Morgan fingerprint density at radius 3 is 2.78 bits per heavy atom. The zero-order valence-corrected chi connectivity index (χ0v) is 14.3. The molecule has 0 saturated carbocycles. The molecule has 1 aromatic heterocycles. The minimum absolute atomic E-state index is 0. The minimum atomic E-state index is 0. The number of amides is 1. The Morgan fingerprint density at radius 1 is 1.30 bits per heavy atom. The Morgan fingerprint density at radius 2 is 2.09 bits per heavy atom. The van der Waals surface area contributed by atoms with Gasteiger partial charge in [0, 0.05) is 11.6 Å². The first kappa shape index (κ1) is 19.4. The third kappa shape index (κ3) is 5.49. The van der Waals surface area contributed by atoms with Crippen molar-refractivity contribution >= 4 is 36.4 Å². The zero-order chi connectivity index (χ0) is 14.5. The summed E-state index contributed by atoms with van der Waals surface area (Å²) in [6, 6.07) is 7.87. The standard InChI is InChI=1S/C15H19N5O.2ClH/c21-15(13-4-6-16-7-5-13)19-14-3-1-2-12(8-14)9-20-11-17-10-18-20;;/h1-3,8,10-11,13,16H,4-7,9H2,(H,19,21);2*1H. The predicted molar refractivity (Wildman–Crippen MR) is 94.3 cm³/mol. The molecule has 0 atom stereocenters. The lowest BCUT2D eigenvalue weighted by Gasteiger charge is -2.21. The summed E-state index contributed by atoms with van der Waals surface area (Å²) in [5.74, 6) is 0.236. The van der Waals surface area contributed by atoms with Gasteiger partial charge in [-0.3, -0.25) is 4.79 Å². The second kappa shape index (κ2) is 9.50. The molecule has 0 aliphatic carbocycles. The van der Waals surface area contributed by atoms with E-state index in [1.807, 2.05) is 24.3 Å². The van der Waals surface area contributed by atoms with Crippen LogP contribution in [0, 0.1) is 5.92 Å². The first-order valence-corrected chi connectivity index (χ1v) is 7.24. The summed E-state index contributed by atoms with van der Waals surface area (Å²) in [7, 11) is 0. The molecule has 8 heteroatoms. The van der Waals surface area contributed by atoms with Crippen molar-refractivity contribution in [1.29, 1.82) is 0 Å². The van der Waals surface area contributed by atoms with Crippen molar-refractivity contribution in [1.82, 2.24) is 20.1 Å². The van der Waals surface area contributed by atoms with Gasteiger partial charge in [-0.15, -0.1) is 24.8 Å². The number of hydrogen-bond donors (Lipinski definition) is 2. The van der Waals surface area contributed by atoms with Crippen molar-refractivity contribution < 1.29 is 4.79 Å². The Labute approximate surface area is 147 Å². The topological polar surface area (TPSA) is 71.8 Å². The number of rotatable bonds is 4. The first-order chi connectivity index (χ1) is 10.3. The highest BCUT2D eigenvalue weighted by molar-refractivity contribution is 5.92. The second-order valence-electron chi connectivity index (χ2n) is 5.31. The number of piperidine rings is 1. The fourth-order valence-electron chi connectivity index (χ4n) is 2.58. The van der Waals surface area contributed by atoms with Crippen LogP contribution in [0.25, 0.3) is 0 Å². The molecule has 0 bridgehead atoms. The summed E-state index contributed by atoms with van der Waals surface area (Å²) >= 11 is 0. The second-order valence-corrected chi connectivity index (χ2v) is 5.31. The molecule has 0 spiro atoms. The van der Waals surface area contributed by atoms with Crippen LogP contribution >= 0.6 is 24.8 Å². The number of carbonyl (C=O) groups is 1. The summed E-state index contributed by atoms with van der Waals surface area (Å²) in [6.07, 6.45) is 5.01. The number of carbonyl (C=O) groups excluding carboxylic acids is 1. The highest BCUT2D eigenvalue weighted by atomic mass is 35.5. The Hall–Kier alpha value is -1.63. The fourth-order valence-corrected chi connectivity index (χ4v) is 2.58. The van der Waals surface area contributed by atoms with Crippen LogP contribution < -0.4 is 10.6 Å². The smallest absolute Gasteiger partial charge is 0.227 e. The third-order valence-corrected chi connectivity index (χ3v) is 3.72. The van der Waals surface area contributed by atoms with Gasteiger partial charge in [-0.05, 0) is 43.6 Å². The summed E-state index contributed by atoms with van der Waals surface area (Å²) in [4.78, 5) is 16.2. The van der Waals surface area contributed by atoms with Gasteiger partial charge in [-0.1, -0.05) is 12.1 Å². The van der Waals surface area contributed by atoms with Crippen molar-refractivity contribution in [3.63, 3.8) is 0 Å². The average molecular weight is 358 g/mol. The molecule has 1 aromatic carbocycles. The summed E-state index contributed by atoms with van der Waals surface area (Å²) < 4.78 is 1.76. The maximum atomic E-state index is 12.2. The number of anilines is 1. The molecule has 1 fully saturated rings. The lowest BCUT2D eigenvalue weighted by Crippen LogP contribution is -2.34. The van der Waals surface area contributed by atoms with Crippen LogP contribution in [-0.4, -0.2) is 33.8 Å². The van der Waals surface area contributed by atoms with E-state index in [2.05, 4.69) is 20.7 Å². The van der Waals surface area contributed by atoms with Crippen LogP contribution in [0.2, 0.25) is 0 Å². The number of benzene rings is 1. The van der Waals surface area contributed by atoms with E-state index in [1.54, 1.807) is 11.0 Å². The van der Waals surface area contributed by atoms with Crippen molar-refractivity contribution in [2.24, 2.45) is 5.92 Å². The normalized spacial score (nSPS) is 14.4. The van der Waals surface area contributed by atoms with Gasteiger partial charge in [-0.2, -0.15) is 5.10 Å². The van der Waals surface area contributed by atoms with Gasteiger partial charge >= 0.3 is 0 Å². The molecule has 0 unspecified atom stereocenters. The number of aromatic nitrogens is 3. The van der Waals surface area contributed by atoms with E-state index in [0.717, 1.165) is 37.2 Å². The van der Waals surface area contributed by atoms with E-state index in [1.165, 1.54) is 6.33 Å². The van der Waals surface area contributed by atoms with Crippen molar-refractivity contribution in [3.8, 4) is 0 Å². The molecule has 1 aliphatic rings. The molecule has 3 rings (SSSR count). The highest BCUT2D eigenvalue weighted by Gasteiger charge is 2.20. The number of nitrogens with one attached hydrogen (secondary N) is 2.